The molecule has 1 amide bonds. The monoisotopic (exact) mass is 433 g/mol. The first-order chi connectivity index (χ1) is 15.3. The Hall–Kier alpha value is -3.61. The SMILES string of the molecule is CCOc1ccc(C(=O)[C@@H]2CC(=O)Nc3c2c(C)nn3-c2ccc(C)c(C)c2)cc1OC. The van der Waals surface area contributed by atoms with Crippen LogP contribution in [-0.4, -0.2) is 35.2 Å². The number of hydrogen-bond acceptors (Lipinski definition) is 5. The van der Waals surface area contributed by atoms with Gasteiger partial charge < -0.3 is 14.8 Å². The fourth-order valence-electron chi connectivity index (χ4n) is 4.11. The molecule has 2 aromatic carbocycles. The third kappa shape index (κ3) is 3.75. The molecule has 1 aliphatic heterocycles. The summed E-state index contributed by atoms with van der Waals surface area (Å²) in [6, 6.07) is 11.1. The minimum Gasteiger partial charge on any atom is -0.493 e. The van der Waals surface area contributed by atoms with Crippen LogP contribution in [0.25, 0.3) is 5.69 Å². The van der Waals surface area contributed by atoms with Gasteiger partial charge in [0.2, 0.25) is 5.91 Å². The summed E-state index contributed by atoms with van der Waals surface area (Å²) in [5.74, 6) is 0.636. The van der Waals surface area contributed by atoms with Crippen molar-refractivity contribution in [3.63, 3.8) is 0 Å². The van der Waals surface area contributed by atoms with E-state index in [0.29, 0.717) is 29.5 Å². The lowest BCUT2D eigenvalue weighted by molar-refractivity contribution is -0.116. The number of amides is 1. The number of anilines is 1. The average Bonchev–Trinajstić information content (AvgIpc) is 3.11. The highest BCUT2D eigenvalue weighted by atomic mass is 16.5. The Morgan fingerprint density at radius 3 is 2.59 bits per heavy atom. The van der Waals surface area contributed by atoms with Crippen LogP contribution in [0.15, 0.2) is 36.4 Å². The molecule has 0 aliphatic carbocycles. The Bertz CT molecular complexity index is 1210. The maximum atomic E-state index is 13.5. The molecule has 3 aromatic rings. The quantitative estimate of drug-likeness (QED) is 0.578. The number of hydrogen-bond donors (Lipinski definition) is 1. The number of nitrogens with one attached hydrogen (secondary N) is 1. The second-order valence-electron chi connectivity index (χ2n) is 8.00. The molecular weight excluding hydrogens is 406 g/mol. The van der Waals surface area contributed by atoms with Crippen molar-refractivity contribution >= 4 is 17.5 Å². The van der Waals surface area contributed by atoms with Gasteiger partial charge in [0.05, 0.1) is 31.0 Å². The normalized spacial score (nSPS) is 15.2. The van der Waals surface area contributed by atoms with Crippen LogP contribution in [0, 0.1) is 20.8 Å². The predicted octanol–water partition coefficient (Wildman–Crippen LogP) is 4.51. The fraction of sp³-hybridized carbons (Fsp3) is 0.320. The molecule has 32 heavy (non-hydrogen) atoms. The highest BCUT2D eigenvalue weighted by Gasteiger charge is 2.36. The van der Waals surface area contributed by atoms with Crippen molar-refractivity contribution in [3.05, 3.63) is 64.3 Å². The van der Waals surface area contributed by atoms with Gasteiger partial charge in [-0.05, 0) is 69.2 Å². The lowest BCUT2D eigenvalue weighted by atomic mass is 9.85. The number of aromatic nitrogens is 2. The number of carbonyl (C=O) groups excluding carboxylic acids is 2. The molecule has 166 valence electrons. The lowest BCUT2D eigenvalue weighted by Gasteiger charge is -2.23. The van der Waals surface area contributed by atoms with Gasteiger partial charge in [0, 0.05) is 17.5 Å². The molecule has 1 aromatic heterocycles. The van der Waals surface area contributed by atoms with E-state index < -0.39 is 5.92 Å². The standard InChI is InChI=1S/C25H27N3O4/c1-6-32-20-10-8-17(12-21(20)31-5)24(30)19-13-22(29)26-25-23(19)16(4)27-28(25)18-9-7-14(2)15(3)11-18/h7-12,19H,6,13H2,1-5H3,(H,26,29)/t19-/m1/s1. The van der Waals surface area contributed by atoms with Gasteiger partial charge in [-0.1, -0.05) is 6.07 Å². The average molecular weight is 434 g/mol. The number of ketones is 1. The van der Waals surface area contributed by atoms with Crippen molar-refractivity contribution in [2.24, 2.45) is 0 Å². The van der Waals surface area contributed by atoms with Crippen LogP contribution < -0.4 is 14.8 Å². The fourth-order valence-corrected chi connectivity index (χ4v) is 4.11. The van der Waals surface area contributed by atoms with Gasteiger partial charge in [0.15, 0.2) is 17.3 Å². The van der Waals surface area contributed by atoms with Gasteiger partial charge >= 0.3 is 0 Å². The third-order valence-corrected chi connectivity index (χ3v) is 5.90. The van der Waals surface area contributed by atoms with Gasteiger partial charge in [-0.3, -0.25) is 9.59 Å². The number of ether oxygens (including phenoxy) is 2. The minimum absolute atomic E-state index is 0.0703. The highest BCUT2D eigenvalue weighted by Crippen LogP contribution is 2.39. The second kappa shape index (κ2) is 8.49. The Balaban J connectivity index is 1.77. The highest BCUT2D eigenvalue weighted by molar-refractivity contribution is 6.08. The number of aryl methyl sites for hydroxylation is 3. The Morgan fingerprint density at radius 2 is 1.91 bits per heavy atom. The van der Waals surface area contributed by atoms with Crippen molar-refractivity contribution in [1.29, 1.82) is 0 Å². The molecule has 0 fully saturated rings. The van der Waals surface area contributed by atoms with Crippen molar-refractivity contribution in [2.75, 3.05) is 19.0 Å². The summed E-state index contributed by atoms with van der Waals surface area (Å²) >= 11 is 0. The van der Waals surface area contributed by atoms with E-state index in [9.17, 15) is 9.59 Å². The van der Waals surface area contributed by atoms with Crippen molar-refractivity contribution in [2.45, 2.75) is 40.0 Å². The molecule has 1 aliphatic rings. The van der Waals surface area contributed by atoms with Crippen LogP contribution in [0.5, 0.6) is 11.5 Å². The molecule has 0 bridgehead atoms. The van der Waals surface area contributed by atoms with Gasteiger partial charge in [0.1, 0.15) is 5.82 Å². The molecule has 0 radical (unpaired) electrons. The largest absolute Gasteiger partial charge is 0.493 e. The van der Waals surface area contributed by atoms with Gasteiger partial charge in [-0.25, -0.2) is 4.68 Å². The van der Waals surface area contributed by atoms with E-state index in [1.54, 1.807) is 22.9 Å². The summed E-state index contributed by atoms with van der Waals surface area (Å²) in [5.41, 5.74) is 5.08. The third-order valence-electron chi connectivity index (χ3n) is 5.90. The smallest absolute Gasteiger partial charge is 0.226 e. The number of methoxy groups -OCH3 is 1. The van der Waals surface area contributed by atoms with E-state index in [1.165, 1.54) is 12.7 Å². The summed E-state index contributed by atoms with van der Waals surface area (Å²) < 4.78 is 12.7. The number of Topliss-reactive ketones (excluding diaryl/α,β-unsaturated/α-hetero) is 1. The van der Waals surface area contributed by atoms with E-state index in [0.717, 1.165) is 22.5 Å². The number of benzene rings is 2. The molecule has 1 atom stereocenters. The number of fused-ring (bicyclic) bond motifs is 1. The van der Waals surface area contributed by atoms with Crippen molar-refractivity contribution in [1.82, 2.24) is 9.78 Å². The predicted molar refractivity (Wildman–Crippen MR) is 122 cm³/mol. The first-order valence-corrected chi connectivity index (χ1v) is 10.7. The first-order valence-electron chi connectivity index (χ1n) is 10.7. The molecule has 0 unspecified atom stereocenters. The van der Waals surface area contributed by atoms with Gasteiger partial charge in [-0.2, -0.15) is 5.10 Å². The molecule has 0 saturated heterocycles. The molecule has 7 nitrogen and oxygen atoms in total. The minimum atomic E-state index is -0.623. The van der Waals surface area contributed by atoms with E-state index >= 15 is 0 Å². The number of nitrogens with zero attached hydrogens (tertiary/aromatic N) is 2. The molecule has 0 saturated carbocycles. The molecule has 1 N–H and O–H groups in total. The van der Waals surface area contributed by atoms with Crippen LogP contribution in [0.4, 0.5) is 5.82 Å². The summed E-state index contributed by atoms with van der Waals surface area (Å²) in [4.78, 5) is 26.1. The summed E-state index contributed by atoms with van der Waals surface area (Å²) in [6.45, 7) is 8.33. The maximum Gasteiger partial charge on any atom is 0.226 e. The van der Waals surface area contributed by atoms with E-state index in [-0.39, 0.29) is 18.1 Å². The zero-order valence-electron chi connectivity index (χ0n) is 19.0. The van der Waals surface area contributed by atoms with Crippen molar-refractivity contribution < 1.29 is 19.1 Å². The zero-order valence-corrected chi connectivity index (χ0v) is 19.0. The molecule has 4 rings (SSSR count). The van der Waals surface area contributed by atoms with Crippen LogP contribution in [0.2, 0.25) is 0 Å². The van der Waals surface area contributed by atoms with Crippen LogP contribution in [-0.2, 0) is 4.79 Å². The number of rotatable bonds is 6. The van der Waals surface area contributed by atoms with Crippen molar-refractivity contribution in [3.8, 4) is 17.2 Å². The maximum absolute atomic E-state index is 13.5. The van der Waals surface area contributed by atoms with E-state index in [2.05, 4.69) is 10.4 Å². The topological polar surface area (TPSA) is 82.5 Å². The van der Waals surface area contributed by atoms with Gasteiger partial charge in [-0.15, -0.1) is 0 Å². The van der Waals surface area contributed by atoms with E-state index in [4.69, 9.17) is 9.47 Å². The van der Waals surface area contributed by atoms with Crippen LogP contribution in [0.1, 0.15) is 52.0 Å². The van der Waals surface area contributed by atoms with Crippen LogP contribution >= 0.6 is 0 Å². The molecule has 2 heterocycles. The summed E-state index contributed by atoms with van der Waals surface area (Å²) in [7, 11) is 1.54. The first kappa shape index (κ1) is 21.6. The zero-order chi connectivity index (χ0) is 23.0. The Morgan fingerprint density at radius 1 is 1.12 bits per heavy atom. The second-order valence-corrected chi connectivity index (χ2v) is 8.00. The van der Waals surface area contributed by atoms with E-state index in [1.807, 2.05) is 45.9 Å². The lowest BCUT2D eigenvalue weighted by Crippen LogP contribution is -2.28. The van der Waals surface area contributed by atoms with Gasteiger partial charge in [0.25, 0.3) is 0 Å². The molecular formula is C25H27N3O4. The Labute approximate surface area is 187 Å². The summed E-state index contributed by atoms with van der Waals surface area (Å²) in [6.07, 6.45) is 0.0703. The number of carbonyl (C=O) groups is 2. The molecule has 0 spiro atoms. The Kier molecular flexibility index (Phi) is 5.74. The summed E-state index contributed by atoms with van der Waals surface area (Å²) in [5, 5.41) is 7.60. The molecule has 7 heteroatoms. The van der Waals surface area contributed by atoms with Crippen LogP contribution in [0.3, 0.4) is 0 Å².